The number of urea groups is 1. The van der Waals surface area contributed by atoms with Crippen LogP contribution >= 0.6 is 0 Å². The first-order chi connectivity index (χ1) is 9.88. The van der Waals surface area contributed by atoms with Crippen LogP contribution in [0, 0.1) is 5.92 Å². The zero-order valence-corrected chi connectivity index (χ0v) is 12.9. The Balaban J connectivity index is 2.51. The van der Waals surface area contributed by atoms with Crippen molar-refractivity contribution in [2.45, 2.75) is 33.2 Å². The molecule has 1 heterocycles. The summed E-state index contributed by atoms with van der Waals surface area (Å²) < 4.78 is 1.70. The highest BCUT2D eigenvalue weighted by Crippen LogP contribution is 2.07. The van der Waals surface area contributed by atoms with Crippen LogP contribution in [-0.4, -0.2) is 44.9 Å². The molecule has 0 atom stereocenters. The van der Waals surface area contributed by atoms with E-state index in [0.29, 0.717) is 32.0 Å². The SMILES string of the molecule is CC(C)CN(Cc1cnn(C)c1)C(=O)NCCCC(=O)O. The number of carbonyl (C=O) groups excluding carboxylic acids is 1. The Hall–Kier alpha value is -2.05. The molecule has 1 rings (SSSR count). The first-order valence-corrected chi connectivity index (χ1v) is 7.10. The van der Waals surface area contributed by atoms with Crippen LogP contribution in [0.1, 0.15) is 32.3 Å². The lowest BCUT2D eigenvalue weighted by molar-refractivity contribution is -0.137. The van der Waals surface area contributed by atoms with E-state index in [0.717, 1.165) is 5.56 Å². The van der Waals surface area contributed by atoms with Gasteiger partial charge in [0.15, 0.2) is 0 Å². The summed E-state index contributed by atoms with van der Waals surface area (Å²) in [6.07, 6.45) is 4.12. The van der Waals surface area contributed by atoms with Crippen LogP contribution in [0.5, 0.6) is 0 Å². The summed E-state index contributed by atoms with van der Waals surface area (Å²) >= 11 is 0. The molecule has 1 aromatic heterocycles. The van der Waals surface area contributed by atoms with Crippen LogP contribution < -0.4 is 5.32 Å². The Morgan fingerprint density at radius 2 is 2.19 bits per heavy atom. The molecule has 0 aromatic carbocycles. The van der Waals surface area contributed by atoms with Crippen LogP contribution in [0.25, 0.3) is 0 Å². The Kier molecular flexibility index (Phi) is 6.71. The Bertz CT molecular complexity index is 471. The molecule has 0 bridgehead atoms. The molecule has 7 nitrogen and oxygen atoms in total. The third-order valence-corrected chi connectivity index (χ3v) is 2.85. The summed E-state index contributed by atoms with van der Waals surface area (Å²) in [5, 5.41) is 15.4. The number of nitrogens with zero attached hydrogens (tertiary/aromatic N) is 3. The van der Waals surface area contributed by atoms with Crippen molar-refractivity contribution in [2.75, 3.05) is 13.1 Å². The van der Waals surface area contributed by atoms with Gasteiger partial charge in [0, 0.05) is 38.3 Å². The van der Waals surface area contributed by atoms with Gasteiger partial charge in [-0.1, -0.05) is 13.8 Å². The lowest BCUT2D eigenvalue weighted by Gasteiger charge is -2.24. The second-order valence-corrected chi connectivity index (χ2v) is 5.53. The molecule has 0 fully saturated rings. The van der Waals surface area contributed by atoms with E-state index in [-0.39, 0.29) is 12.5 Å². The number of aromatic nitrogens is 2. The van der Waals surface area contributed by atoms with Crippen molar-refractivity contribution < 1.29 is 14.7 Å². The molecule has 0 aliphatic carbocycles. The molecule has 21 heavy (non-hydrogen) atoms. The van der Waals surface area contributed by atoms with Gasteiger partial charge in [-0.05, 0) is 12.3 Å². The summed E-state index contributed by atoms with van der Waals surface area (Å²) in [6.45, 7) is 5.60. The van der Waals surface area contributed by atoms with E-state index < -0.39 is 5.97 Å². The van der Waals surface area contributed by atoms with Crippen molar-refractivity contribution in [1.82, 2.24) is 20.0 Å². The quantitative estimate of drug-likeness (QED) is 0.711. The van der Waals surface area contributed by atoms with Crippen molar-refractivity contribution >= 4 is 12.0 Å². The van der Waals surface area contributed by atoms with Gasteiger partial charge in [0.05, 0.1) is 12.7 Å². The molecule has 7 heteroatoms. The molecule has 0 radical (unpaired) electrons. The average molecular weight is 296 g/mol. The Morgan fingerprint density at radius 3 is 2.71 bits per heavy atom. The minimum atomic E-state index is -0.848. The van der Waals surface area contributed by atoms with Crippen LogP contribution in [0.3, 0.4) is 0 Å². The monoisotopic (exact) mass is 296 g/mol. The Labute approximate surface area is 124 Å². The van der Waals surface area contributed by atoms with E-state index in [1.165, 1.54) is 0 Å². The van der Waals surface area contributed by atoms with Crippen molar-refractivity contribution in [3.05, 3.63) is 18.0 Å². The predicted octanol–water partition coefficient (Wildman–Crippen LogP) is 1.45. The second-order valence-electron chi connectivity index (χ2n) is 5.53. The number of rotatable bonds is 8. The number of hydrogen-bond acceptors (Lipinski definition) is 3. The normalized spacial score (nSPS) is 10.7. The smallest absolute Gasteiger partial charge is 0.317 e. The van der Waals surface area contributed by atoms with E-state index >= 15 is 0 Å². The first kappa shape index (κ1) is 17.0. The number of carbonyl (C=O) groups is 2. The number of amides is 2. The Morgan fingerprint density at radius 1 is 1.48 bits per heavy atom. The maximum Gasteiger partial charge on any atom is 0.317 e. The summed E-state index contributed by atoms with van der Waals surface area (Å²) in [4.78, 5) is 24.3. The fraction of sp³-hybridized carbons (Fsp3) is 0.643. The second kappa shape index (κ2) is 8.28. The zero-order valence-electron chi connectivity index (χ0n) is 12.9. The van der Waals surface area contributed by atoms with Gasteiger partial charge in [0.2, 0.25) is 0 Å². The summed E-state index contributed by atoms with van der Waals surface area (Å²) in [5.74, 6) is -0.495. The maximum atomic E-state index is 12.2. The van der Waals surface area contributed by atoms with E-state index in [4.69, 9.17) is 5.11 Å². The fourth-order valence-corrected chi connectivity index (χ4v) is 1.98. The molecule has 1 aromatic rings. The number of nitrogens with one attached hydrogen (secondary N) is 1. The standard InChI is InChI=1S/C14H24N4O3/c1-11(2)8-18(10-12-7-16-17(3)9-12)14(21)15-6-4-5-13(19)20/h7,9,11H,4-6,8,10H2,1-3H3,(H,15,21)(H,19,20). The summed E-state index contributed by atoms with van der Waals surface area (Å²) in [5.41, 5.74) is 0.971. The number of aryl methyl sites for hydroxylation is 1. The lowest BCUT2D eigenvalue weighted by atomic mass is 10.2. The molecule has 0 saturated carbocycles. The van der Waals surface area contributed by atoms with Crippen LogP contribution in [0.2, 0.25) is 0 Å². The molecule has 0 aliphatic heterocycles. The van der Waals surface area contributed by atoms with Gasteiger partial charge in [-0.2, -0.15) is 5.10 Å². The van der Waals surface area contributed by atoms with E-state index in [1.54, 1.807) is 15.8 Å². The van der Waals surface area contributed by atoms with Crippen molar-refractivity contribution in [3.8, 4) is 0 Å². The molecule has 2 amide bonds. The van der Waals surface area contributed by atoms with Gasteiger partial charge in [0.1, 0.15) is 0 Å². The topological polar surface area (TPSA) is 87.5 Å². The molecule has 0 spiro atoms. The van der Waals surface area contributed by atoms with Crippen LogP contribution in [0.15, 0.2) is 12.4 Å². The maximum absolute atomic E-state index is 12.2. The zero-order chi connectivity index (χ0) is 15.8. The number of carboxylic acid groups (broad SMARTS) is 1. The molecular formula is C14H24N4O3. The summed E-state index contributed by atoms with van der Waals surface area (Å²) in [7, 11) is 1.84. The minimum Gasteiger partial charge on any atom is -0.481 e. The highest BCUT2D eigenvalue weighted by molar-refractivity contribution is 5.74. The van der Waals surface area contributed by atoms with Gasteiger partial charge in [-0.3, -0.25) is 9.48 Å². The molecule has 0 unspecified atom stereocenters. The van der Waals surface area contributed by atoms with E-state index in [2.05, 4.69) is 10.4 Å². The predicted molar refractivity (Wildman–Crippen MR) is 78.7 cm³/mol. The highest BCUT2D eigenvalue weighted by Gasteiger charge is 2.15. The van der Waals surface area contributed by atoms with Gasteiger partial charge >= 0.3 is 12.0 Å². The molecule has 2 N–H and O–H groups in total. The lowest BCUT2D eigenvalue weighted by Crippen LogP contribution is -2.41. The number of carboxylic acids is 1. The van der Waals surface area contributed by atoms with Gasteiger partial charge in [0.25, 0.3) is 0 Å². The third-order valence-electron chi connectivity index (χ3n) is 2.85. The highest BCUT2D eigenvalue weighted by atomic mass is 16.4. The first-order valence-electron chi connectivity index (χ1n) is 7.10. The minimum absolute atomic E-state index is 0.0626. The van der Waals surface area contributed by atoms with Gasteiger partial charge < -0.3 is 15.3 Å². The summed E-state index contributed by atoms with van der Waals surface area (Å²) in [6, 6.07) is -0.169. The van der Waals surface area contributed by atoms with Gasteiger partial charge in [-0.15, -0.1) is 0 Å². The molecule has 0 aliphatic rings. The van der Waals surface area contributed by atoms with Crippen molar-refractivity contribution in [2.24, 2.45) is 13.0 Å². The van der Waals surface area contributed by atoms with E-state index in [9.17, 15) is 9.59 Å². The largest absolute Gasteiger partial charge is 0.481 e. The van der Waals surface area contributed by atoms with Crippen LogP contribution in [-0.2, 0) is 18.4 Å². The van der Waals surface area contributed by atoms with Crippen molar-refractivity contribution in [3.63, 3.8) is 0 Å². The number of aliphatic carboxylic acids is 1. The van der Waals surface area contributed by atoms with Crippen molar-refractivity contribution in [1.29, 1.82) is 0 Å². The van der Waals surface area contributed by atoms with Gasteiger partial charge in [-0.25, -0.2) is 4.79 Å². The van der Waals surface area contributed by atoms with E-state index in [1.807, 2.05) is 27.1 Å². The number of hydrogen-bond donors (Lipinski definition) is 2. The molecule has 118 valence electrons. The molecule has 0 saturated heterocycles. The molecular weight excluding hydrogens is 272 g/mol. The average Bonchev–Trinajstić information content (AvgIpc) is 2.78. The fourth-order valence-electron chi connectivity index (χ4n) is 1.98. The van der Waals surface area contributed by atoms with Crippen LogP contribution in [0.4, 0.5) is 4.79 Å². The third kappa shape index (κ3) is 6.78.